The fraction of sp³-hybridized carbons (Fsp3) is 0.500. The molecule has 0 rings (SSSR count). The summed E-state index contributed by atoms with van der Waals surface area (Å²) in [6.45, 7) is 2.70. The lowest BCUT2D eigenvalue weighted by atomic mass is 9.41. The van der Waals surface area contributed by atoms with Crippen molar-refractivity contribution in [1.82, 2.24) is 0 Å². The van der Waals surface area contributed by atoms with E-state index < -0.39 is 6.71 Å². The first-order valence-corrected chi connectivity index (χ1v) is 2.98. The summed E-state index contributed by atoms with van der Waals surface area (Å²) in [5, 5.41) is 0. The highest BCUT2D eigenvalue weighted by molar-refractivity contribution is 7.27. The van der Waals surface area contributed by atoms with Crippen LogP contribution in [0, 0.1) is 0 Å². The highest BCUT2D eigenvalue weighted by atomic mass is 16.2. The third-order valence-electron chi connectivity index (χ3n) is 1.22. The van der Waals surface area contributed by atoms with Gasteiger partial charge in [0, 0.05) is 0 Å². The maximum atomic E-state index is 10.6. The van der Waals surface area contributed by atoms with Gasteiger partial charge in [-0.15, -0.1) is 0 Å². The number of carbonyl (C=O) groups excluding carboxylic acids is 3. The molecule has 0 aliphatic rings. The van der Waals surface area contributed by atoms with Gasteiger partial charge in [0.2, 0.25) is 0 Å². The zero-order valence-electron chi connectivity index (χ0n) is 6.30. The highest BCUT2D eigenvalue weighted by Crippen LogP contribution is 1.88. The average molecular weight is 140 g/mol. The van der Waals surface area contributed by atoms with Crippen molar-refractivity contribution in [1.29, 1.82) is 0 Å². The average Bonchev–Trinajstić information content (AvgIpc) is 1.59. The van der Waals surface area contributed by atoms with Crippen molar-refractivity contribution < 1.29 is 14.4 Å². The van der Waals surface area contributed by atoms with Gasteiger partial charge in [0.15, 0.2) is 0 Å². The molecular formula is C6H9BO3-. The molecule has 0 aromatic carbocycles. The second-order valence-corrected chi connectivity index (χ2v) is 2.26. The summed E-state index contributed by atoms with van der Waals surface area (Å²) < 4.78 is 0. The Morgan fingerprint density at radius 2 is 1.00 bits per heavy atom. The van der Waals surface area contributed by atoms with Crippen LogP contribution in [0.3, 0.4) is 0 Å². The quantitative estimate of drug-likeness (QED) is 0.512. The predicted octanol–water partition coefficient (Wildman–Crippen LogP) is -0.134. The molecule has 0 unspecified atom stereocenters. The molecule has 0 aromatic rings. The minimum atomic E-state index is -1.03. The van der Waals surface area contributed by atoms with Crippen LogP contribution >= 0.6 is 0 Å². The van der Waals surface area contributed by atoms with E-state index in [9.17, 15) is 14.4 Å². The first kappa shape index (κ1) is 9.07. The Labute approximate surface area is 59.9 Å². The van der Waals surface area contributed by atoms with Gasteiger partial charge in [0.05, 0.1) is 0 Å². The summed E-state index contributed by atoms with van der Waals surface area (Å²) in [7, 11) is 0. The van der Waals surface area contributed by atoms with Crippen LogP contribution in [0.1, 0.15) is 20.8 Å². The fourth-order valence-electron chi connectivity index (χ4n) is 0.859. The molecule has 0 bridgehead atoms. The Kier molecular flexibility index (Phi) is 2.99. The summed E-state index contributed by atoms with van der Waals surface area (Å²) >= 11 is 0. The molecule has 4 heteroatoms. The van der Waals surface area contributed by atoms with Crippen LogP contribution < -0.4 is 0 Å². The van der Waals surface area contributed by atoms with Crippen molar-refractivity contribution in [2.24, 2.45) is 0 Å². The predicted molar refractivity (Wildman–Crippen MR) is 37.8 cm³/mol. The summed E-state index contributed by atoms with van der Waals surface area (Å²) in [4.78, 5) is 31.8. The number of carbonyl (C=O) groups is 3. The van der Waals surface area contributed by atoms with Crippen molar-refractivity contribution in [3.05, 3.63) is 0 Å². The molecule has 3 nitrogen and oxygen atoms in total. The van der Waals surface area contributed by atoms with Crippen molar-refractivity contribution in [3.63, 3.8) is 0 Å². The normalized spacial score (nSPS) is 9.60. The molecule has 0 fully saturated rings. The Morgan fingerprint density at radius 1 is 0.800 bits per heavy atom. The lowest BCUT2D eigenvalue weighted by Gasteiger charge is -2.14. The molecule has 0 N–H and O–H groups in total. The Balaban J connectivity index is 4.43. The summed E-state index contributed by atoms with van der Waals surface area (Å²) in [6, 6.07) is 0. The maximum Gasteiger partial charge on any atom is 0.100 e. The van der Waals surface area contributed by atoms with Gasteiger partial charge in [-0.25, -0.2) is 0 Å². The van der Waals surface area contributed by atoms with Crippen molar-refractivity contribution in [2.75, 3.05) is 0 Å². The zero-order chi connectivity index (χ0) is 8.31. The third kappa shape index (κ3) is 2.13. The van der Waals surface area contributed by atoms with Crippen LogP contribution in [-0.2, 0) is 14.4 Å². The molecule has 0 spiro atoms. The summed E-state index contributed by atoms with van der Waals surface area (Å²) in [5.74, 6) is 0. The molecule has 0 heterocycles. The summed E-state index contributed by atoms with van der Waals surface area (Å²) in [6.07, 6.45) is 0. The molecule has 0 atom stereocenters. The molecular weight excluding hydrogens is 131 g/mol. The van der Waals surface area contributed by atoms with E-state index in [0.29, 0.717) is 0 Å². The van der Waals surface area contributed by atoms with Crippen LogP contribution in [-0.4, -0.2) is 23.8 Å². The third-order valence-corrected chi connectivity index (χ3v) is 1.22. The zero-order valence-corrected chi connectivity index (χ0v) is 6.30. The highest BCUT2D eigenvalue weighted by Gasteiger charge is 2.11. The largest absolute Gasteiger partial charge is 0.349 e. The molecule has 0 aliphatic carbocycles. The molecule has 0 aliphatic heterocycles. The Hall–Kier alpha value is -0.925. The molecule has 10 heavy (non-hydrogen) atoms. The summed E-state index contributed by atoms with van der Waals surface area (Å²) in [5.41, 5.74) is -1.12. The SMILES string of the molecule is CC(=O)[B-](C(C)=O)C(C)=O. The maximum absolute atomic E-state index is 10.6. The van der Waals surface area contributed by atoms with Gasteiger partial charge in [-0.3, -0.25) is 0 Å². The Morgan fingerprint density at radius 3 is 1.00 bits per heavy atom. The van der Waals surface area contributed by atoms with E-state index in [-0.39, 0.29) is 17.0 Å². The van der Waals surface area contributed by atoms with E-state index in [1.54, 1.807) is 0 Å². The molecule has 0 aromatic heterocycles. The smallest absolute Gasteiger partial charge is 0.100 e. The molecule has 0 saturated carbocycles. The van der Waals surface area contributed by atoms with Crippen molar-refractivity contribution in [2.45, 2.75) is 20.8 Å². The van der Waals surface area contributed by atoms with Crippen LogP contribution in [0.15, 0.2) is 0 Å². The first-order valence-electron chi connectivity index (χ1n) is 2.98. The van der Waals surface area contributed by atoms with Crippen LogP contribution in [0.2, 0.25) is 0 Å². The van der Waals surface area contributed by atoms with E-state index >= 15 is 0 Å². The van der Waals surface area contributed by atoms with Crippen LogP contribution in [0.5, 0.6) is 0 Å². The van der Waals surface area contributed by atoms with Gasteiger partial charge in [-0.1, -0.05) is 17.0 Å². The number of rotatable bonds is 3. The van der Waals surface area contributed by atoms with Gasteiger partial charge in [0.25, 0.3) is 0 Å². The van der Waals surface area contributed by atoms with Crippen molar-refractivity contribution in [3.8, 4) is 0 Å². The second kappa shape index (κ2) is 3.30. The Bertz CT molecular complexity index is 152. The van der Waals surface area contributed by atoms with Gasteiger partial charge in [0.1, 0.15) is 6.71 Å². The molecule has 0 saturated heterocycles. The van der Waals surface area contributed by atoms with Crippen LogP contribution in [0.4, 0.5) is 0 Å². The van der Waals surface area contributed by atoms with Gasteiger partial charge < -0.3 is 14.4 Å². The van der Waals surface area contributed by atoms with E-state index in [2.05, 4.69) is 0 Å². The lowest BCUT2D eigenvalue weighted by molar-refractivity contribution is -0.116. The molecule has 0 amide bonds. The molecule has 55 valence electrons. The topological polar surface area (TPSA) is 51.2 Å². The van der Waals surface area contributed by atoms with E-state index in [1.807, 2.05) is 0 Å². The fourth-order valence-corrected chi connectivity index (χ4v) is 0.859. The number of hydrogen-bond acceptors (Lipinski definition) is 3. The monoisotopic (exact) mass is 140 g/mol. The minimum absolute atomic E-state index is 0.375. The minimum Gasteiger partial charge on any atom is -0.349 e. The van der Waals surface area contributed by atoms with Gasteiger partial charge in [-0.2, -0.15) is 0 Å². The number of hydrogen-bond donors (Lipinski definition) is 0. The molecule has 1 radical (unpaired) electrons. The van der Waals surface area contributed by atoms with E-state index in [0.717, 1.165) is 0 Å². The first-order chi connectivity index (χ1) is 4.46. The van der Waals surface area contributed by atoms with E-state index in [4.69, 9.17) is 0 Å². The van der Waals surface area contributed by atoms with Gasteiger partial charge >= 0.3 is 0 Å². The second-order valence-electron chi connectivity index (χ2n) is 2.26. The standard InChI is InChI=1S/C6H9BO3/c1-4(8)7(5(2)9)6(3)10/h1-3H3/q-1. The van der Waals surface area contributed by atoms with E-state index in [1.165, 1.54) is 20.8 Å². The lowest BCUT2D eigenvalue weighted by Crippen LogP contribution is -2.39. The van der Waals surface area contributed by atoms with Crippen LogP contribution in [0.25, 0.3) is 0 Å². The van der Waals surface area contributed by atoms with Gasteiger partial charge in [-0.05, 0) is 20.8 Å². The van der Waals surface area contributed by atoms with Crippen molar-refractivity contribution >= 4 is 23.8 Å².